The second-order valence-corrected chi connectivity index (χ2v) is 9.03. The number of carbonyl (C=O) groups is 3. The van der Waals surface area contributed by atoms with Crippen LogP contribution in [-0.4, -0.2) is 69.2 Å². The Hall–Kier alpha value is -2.65. The van der Waals surface area contributed by atoms with Crippen LogP contribution in [-0.2, 0) is 30.4 Å². The van der Waals surface area contributed by atoms with E-state index in [1.165, 1.54) is 24.3 Å². The van der Waals surface area contributed by atoms with Gasteiger partial charge in [-0.3, -0.25) is 19.5 Å². The van der Waals surface area contributed by atoms with Crippen molar-refractivity contribution in [2.24, 2.45) is 5.16 Å². The third-order valence-electron chi connectivity index (χ3n) is 4.94. The van der Waals surface area contributed by atoms with Gasteiger partial charge in [0, 0.05) is 23.7 Å². The monoisotopic (exact) mass is 526 g/mol. The Morgan fingerprint density at radius 3 is 2.83 bits per heavy atom. The number of thioether (sulfide) groups is 1. The Labute approximate surface area is 230 Å². The van der Waals surface area contributed by atoms with Gasteiger partial charge < -0.3 is 30.5 Å². The van der Waals surface area contributed by atoms with Crippen LogP contribution in [0.2, 0.25) is 0 Å². The first kappa shape index (κ1) is 26.9. The van der Waals surface area contributed by atoms with Crippen molar-refractivity contribution in [3.63, 3.8) is 0 Å². The summed E-state index contributed by atoms with van der Waals surface area (Å²) in [6, 6.07) is 4.49. The molecule has 0 spiro atoms. The summed E-state index contributed by atoms with van der Waals surface area (Å²) >= 11 is 2.38. The number of thiazole rings is 1. The molecule has 15 heteroatoms. The number of β-lactam (4-membered cyclic amide) rings is 1. The maximum Gasteiger partial charge on any atom is 1.00 e. The van der Waals surface area contributed by atoms with Crippen LogP contribution < -0.4 is 45.7 Å². The third-order valence-corrected chi connectivity index (χ3v) is 6.86. The van der Waals surface area contributed by atoms with E-state index in [0.29, 0.717) is 6.42 Å². The summed E-state index contributed by atoms with van der Waals surface area (Å²) in [6.45, 7) is 0.185. The molecule has 2 atom stereocenters. The average Bonchev–Trinajstić information content (AvgIpc) is 3.26. The van der Waals surface area contributed by atoms with Crippen LogP contribution in [0.1, 0.15) is 11.4 Å². The molecule has 0 aliphatic carbocycles. The number of ether oxygens (including phenoxy) is 1. The van der Waals surface area contributed by atoms with Crippen LogP contribution in [0.5, 0.6) is 0 Å². The molecule has 4 rings (SSSR count). The van der Waals surface area contributed by atoms with Crippen molar-refractivity contribution in [3.8, 4) is 0 Å². The number of oxime groups is 1. The average molecular weight is 527 g/mol. The minimum absolute atomic E-state index is 0. The fourth-order valence-corrected chi connectivity index (χ4v) is 5.24. The van der Waals surface area contributed by atoms with Gasteiger partial charge >= 0.3 is 29.6 Å². The zero-order valence-electron chi connectivity index (χ0n) is 18.8. The van der Waals surface area contributed by atoms with E-state index < -0.39 is 29.2 Å². The zero-order valence-corrected chi connectivity index (χ0v) is 22.4. The van der Waals surface area contributed by atoms with E-state index in [9.17, 15) is 19.5 Å². The molecule has 0 aromatic carbocycles. The summed E-state index contributed by atoms with van der Waals surface area (Å²) in [5.74, 6) is -2.52. The van der Waals surface area contributed by atoms with Crippen molar-refractivity contribution in [1.82, 2.24) is 20.2 Å². The molecule has 0 radical (unpaired) electrons. The van der Waals surface area contributed by atoms with Gasteiger partial charge in [0.05, 0.1) is 18.3 Å². The van der Waals surface area contributed by atoms with E-state index in [1.807, 2.05) is 12.1 Å². The molecule has 12 nitrogen and oxygen atoms in total. The number of aromatic nitrogens is 2. The molecule has 1 fully saturated rings. The Morgan fingerprint density at radius 2 is 2.20 bits per heavy atom. The molecule has 3 N–H and O–H groups in total. The number of anilines is 1. The van der Waals surface area contributed by atoms with Gasteiger partial charge in [-0.15, -0.1) is 23.1 Å². The first-order valence-electron chi connectivity index (χ1n) is 9.96. The summed E-state index contributed by atoms with van der Waals surface area (Å²) in [5.41, 5.74) is 6.11. The molecule has 2 amide bonds. The summed E-state index contributed by atoms with van der Waals surface area (Å²) in [4.78, 5) is 51.4. The number of carboxylic acid groups (broad SMARTS) is 1. The number of carbonyl (C=O) groups excluding carboxylic acids is 3. The number of aliphatic carboxylic acids is 1. The predicted octanol–water partition coefficient (Wildman–Crippen LogP) is -3.90. The second kappa shape index (κ2) is 11.9. The third kappa shape index (κ3) is 5.78. The Bertz CT molecular complexity index is 1170. The molecule has 2 aliphatic rings. The van der Waals surface area contributed by atoms with Gasteiger partial charge in [-0.05, 0) is 12.1 Å². The first-order valence-corrected chi connectivity index (χ1v) is 11.9. The SMILES string of the molecule is CO/N=C(\C(=O)N[C@@H]1C(=O)N2C(C(=O)[O-])=C(OCCc3ccccn3)CS[C@@H]12)c1csc(N)n1.[Na+]. The van der Waals surface area contributed by atoms with Gasteiger partial charge in [0.25, 0.3) is 11.8 Å². The van der Waals surface area contributed by atoms with Crippen LogP contribution in [0.4, 0.5) is 5.13 Å². The molecule has 2 aliphatic heterocycles. The van der Waals surface area contributed by atoms with Gasteiger partial charge in [-0.25, -0.2) is 4.98 Å². The molecule has 2 aromatic rings. The standard InChI is InChI=1S/C20H20N6O6S2.Na/c1-31-25-13(11-8-34-20(21)23-11)16(27)24-14-17(28)26-15(19(29)30)12(9-33-18(14)26)32-7-5-10-4-2-3-6-22-10;/h2-4,6,8,14,18H,5,7,9H2,1H3,(H2,21,23)(H,24,27)(H,29,30);/q;+1/p-1/b25-13-;/t14-,18+;/m1./s1. The molecule has 0 bridgehead atoms. The quantitative estimate of drug-likeness (QED) is 0.142. The van der Waals surface area contributed by atoms with Gasteiger partial charge in [0.15, 0.2) is 10.8 Å². The second-order valence-electron chi connectivity index (χ2n) is 7.03. The van der Waals surface area contributed by atoms with E-state index in [-0.39, 0.29) is 69.9 Å². The van der Waals surface area contributed by atoms with E-state index in [0.717, 1.165) is 21.9 Å². The molecular formula is C20H19N6NaO6S2. The van der Waals surface area contributed by atoms with Crippen LogP contribution in [0, 0.1) is 0 Å². The summed E-state index contributed by atoms with van der Waals surface area (Å²) < 4.78 is 5.67. The van der Waals surface area contributed by atoms with E-state index in [2.05, 4.69) is 20.4 Å². The van der Waals surface area contributed by atoms with Crippen molar-refractivity contribution in [3.05, 3.63) is 52.6 Å². The minimum atomic E-state index is -1.53. The van der Waals surface area contributed by atoms with Crippen molar-refractivity contribution in [1.29, 1.82) is 0 Å². The number of carboxylic acids is 1. The number of nitrogens with zero attached hydrogens (tertiary/aromatic N) is 4. The Kier molecular flexibility index (Phi) is 9.13. The molecule has 178 valence electrons. The van der Waals surface area contributed by atoms with E-state index in [4.69, 9.17) is 15.3 Å². The molecule has 2 aromatic heterocycles. The Balaban J connectivity index is 0.00000342. The van der Waals surface area contributed by atoms with Crippen molar-refractivity contribution in [2.75, 3.05) is 25.2 Å². The van der Waals surface area contributed by atoms with E-state index >= 15 is 0 Å². The van der Waals surface area contributed by atoms with Gasteiger partial charge in [0.1, 0.15) is 35.7 Å². The van der Waals surface area contributed by atoms with Crippen molar-refractivity contribution in [2.45, 2.75) is 17.8 Å². The summed E-state index contributed by atoms with van der Waals surface area (Å²) in [7, 11) is 1.27. The number of nitrogens with one attached hydrogen (secondary N) is 1. The molecule has 0 saturated carbocycles. The summed E-state index contributed by atoms with van der Waals surface area (Å²) in [5, 5.41) is 19.2. The Morgan fingerprint density at radius 1 is 1.40 bits per heavy atom. The van der Waals surface area contributed by atoms with Crippen LogP contribution in [0.25, 0.3) is 0 Å². The number of hydrogen-bond acceptors (Lipinski definition) is 12. The van der Waals surface area contributed by atoms with Gasteiger partial charge in [-0.2, -0.15) is 0 Å². The minimum Gasteiger partial charge on any atom is -0.543 e. The number of rotatable bonds is 9. The molecule has 35 heavy (non-hydrogen) atoms. The number of nitrogens with two attached hydrogens (primary N) is 1. The molecule has 1 saturated heterocycles. The van der Waals surface area contributed by atoms with Crippen LogP contribution >= 0.6 is 23.1 Å². The molecule has 4 heterocycles. The molecular weight excluding hydrogens is 507 g/mol. The van der Waals surface area contributed by atoms with Crippen molar-refractivity contribution < 1.29 is 58.6 Å². The number of hydrogen-bond donors (Lipinski definition) is 2. The topological polar surface area (TPSA) is 172 Å². The van der Waals surface area contributed by atoms with Crippen molar-refractivity contribution >= 4 is 51.7 Å². The summed E-state index contributed by atoms with van der Waals surface area (Å²) in [6.07, 6.45) is 2.12. The van der Waals surface area contributed by atoms with Crippen LogP contribution in [0.3, 0.4) is 0 Å². The first-order chi connectivity index (χ1) is 16.4. The van der Waals surface area contributed by atoms with Crippen LogP contribution in [0.15, 0.2) is 46.4 Å². The maximum absolute atomic E-state index is 12.8. The van der Waals surface area contributed by atoms with Gasteiger partial charge in [0.2, 0.25) is 0 Å². The number of nitrogen functional groups attached to an aromatic ring is 1. The fourth-order valence-electron chi connectivity index (χ4n) is 3.42. The maximum atomic E-state index is 12.8. The fraction of sp³-hybridized carbons (Fsp3) is 0.300. The normalized spacial score (nSPS) is 19.3. The number of amides is 2. The van der Waals surface area contributed by atoms with E-state index in [1.54, 1.807) is 12.3 Å². The number of pyridine rings is 1. The predicted molar refractivity (Wildman–Crippen MR) is 121 cm³/mol. The largest absolute Gasteiger partial charge is 1.00 e. The van der Waals surface area contributed by atoms with Gasteiger partial charge in [-0.1, -0.05) is 11.2 Å². The zero-order chi connectivity index (χ0) is 24.2. The molecule has 0 unspecified atom stereocenters. The number of fused-ring (bicyclic) bond motifs is 1. The smallest absolute Gasteiger partial charge is 0.543 e.